The summed E-state index contributed by atoms with van der Waals surface area (Å²) in [6, 6.07) is 0.212. The van der Waals surface area contributed by atoms with Crippen LogP contribution in [0.15, 0.2) is 0 Å². The fourth-order valence-corrected chi connectivity index (χ4v) is 3.43. The fraction of sp³-hybridized carbons (Fsp3) is 0.692. The van der Waals surface area contributed by atoms with E-state index in [-0.39, 0.29) is 11.9 Å². The molecule has 1 fully saturated rings. The Labute approximate surface area is 123 Å². The van der Waals surface area contributed by atoms with Gasteiger partial charge in [0.1, 0.15) is 10.7 Å². The summed E-state index contributed by atoms with van der Waals surface area (Å²) in [5.41, 5.74) is 11.8. The molecule has 1 saturated heterocycles. The lowest BCUT2D eigenvalue weighted by Gasteiger charge is -2.29. The van der Waals surface area contributed by atoms with Crippen molar-refractivity contribution in [1.29, 1.82) is 0 Å². The van der Waals surface area contributed by atoms with E-state index in [0.29, 0.717) is 23.8 Å². The normalized spacial score (nSPS) is 16.4. The van der Waals surface area contributed by atoms with Crippen LogP contribution in [-0.2, 0) is 0 Å². The standard InChI is InChI=1S/C13H23N5OS/c1-3-17(4-2)13-16-11(15)10(20-13)12(19)18-7-5-9(14)6-8-18/h9H,3-8,14-15H2,1-2H3. The van der Waals surface area contributed by atoms with Gasteiger partial charge < -0.3 is 21.3 Å². The van der Waals surface area contributed by atoms with Gasteiger partial charge in [-0.25, -0.2) is 4.98 Å². The van der Waals surface area contributed by atoms with Gasteiger partial charge in [0.05, 0.1) is 0 Å². The molecule has 0 saturated carbocycles. The number of anilines is 2. The molecule has 7 heteroatoms. The van der Waals surface area contributed by atoms with Crippen LogP contribution in [-0.4, -0.2) is 48.0 Å². The fourth-order valence-electron chi connectivity index (χ4n) is 2.35. The second-order valence-corrected chi connectivity index (χ2v) is 5.99. The maximum atomic E-state index is 12.5. The lowest BCUT2D eigenvalue weighted by atomic mass is 10.1. The molecular weight excluding hydrogens is 274 g/mol. The Morgan fingerprint density at radius 2 is 2.00 bits per heavy atom. The third-order valence-corrected chi connectivity index (χ3v) is 4.82. The number of carbonyl (C=O) groups excluding carboxylic acids is 1. The van der Waals surface area contributed by atoms with E-state index >= 15 is 0 Å². The monoisotopic (exact) mass is 297 g/mol. The van der Waals surface area contributed by atoms with Crippen molar-refractivity contribution in [2.24, 2.45) is 5.73 Å². The third-order valence-electron chi connectivity index (χ3n) is 3.70. The van der Waals surface area contributed by atoms with Crippen molar-refractivity contribution in [3.8, 4) is 0 Å². The second kappa shape index (κ2) is 6.41. The van der Waals surface area contributed by atoms with E-state index in [9.17, 15) is 4.79 Å². The van der Waals surface area contributed by atoms with Crippen LogP contribution in [0, 0.1) is 0 Å². The maximum Gasteiger partial charge on any atom is 0.267 e. The van der Waals surface area contributed by atoms with Gasteiger partial charge in [-0.1, -0.05) is 11.3 Å². The van der Waals surface area contributed by atoms with Crippen LogP contribution in [0.1, 0.15) is 36.4 Å². The van der Waals surface area contributed by atoms with E-state index in [1.54, 1.807) is 0 Å². The second-order valence-electron chi connectivity index (χ2n) is 5.01. The third kappa shape index (κ3) is 3.04. The van der Waals surface area contributed by atoms with Gasteiger partial charge in [-0.15, -0.1) is 0 Å². The van der Waals surface area contributed by atoms with Crippen molar-refractivity contribution < 1.29 is 4.79 Å². The number of nitrogen functional groups attached to an aromatic ring is 1. The number of hydrogen-bond acceptors (Lipinski definition) is 6. The molecule has 0 aliphatic carbocycles. The number of carbonyl (C=O) groups is 1. The number of rotatable bonds is 4. The topological polar surface area (TPSA) is 88.5 Å². The molecule has 1 amide bonds. The molecule has 0 aromatic carbocycles. The molecule has 1 aromatic rings. The number of hydrogen-bond donors (Lipinski definition) is 2. The predicted molar refractivity (Wildman–Crippen MR) is 83.2 cm³/mol. The zero-order chi connectivity index (χ0) is 14.7. The molecule has 1 aromatic heterocycles. The minimum absolute atomic E-state index is 0.00898. The molecule has 2 rings (SSSR count). The zero-order valence-corrected chi connectivity index (χ0v) is 12.9. The maximum absolute atomic E-state index is 12.5. The van der Waals surface area contributed by atoms with Crippen LogP contribution in [0.2, 0.25) is 0 Å². The average molecular weight is 297 g/mol. The Balaban J connectivity index is 2.14. The molecule has 0 spiro atoms. The number of amides is 1. The van der Waals surface area contributed by atoms with Crippen LogP contribution < -0.4 is 16.4 Å². The van der Waals surface area contributed by atoms with Crippen molar-refractivity contribution in [2.75, 3.05) is 36.8 Å². The van der Waals surface area contributed by atoms with Crippen molar-refractivity contribution >= 4 is 28.2 Å². The van der Waals surface area contributed by atoms with Crippen molar-refractivity contribution in [1.82, 2.24) is 9.88 Å². The van der Waals surface area contributed by atoms with Crippen LogP contribution in [0.4, 0.5) is 10.9 Å². The van der Waals surface area contributed by atoms with Gasteiger partial charge in [-0.3, -0.25) is 4.79 Å². The van der Waals surface area contributed by atoms with Gasteiger partial charge in [0, 0.05) is 32.2 Å². The zero-order valence-electron chi connectivity index (χ0n) is 12.1. The van der Waals surface area contributed by atoms with E-state index in [2.05, 4.69) is 23.7 Å². The number of aromatic nitrogens is 1. The molecule has 6 nitrogen and oxygen atoms in total. The van der Waals surface area contributed by atoms with Crippen LogP contribution in [0.3, 0.4) is 0 Å². The molecule has 0 unspecified atom stereocenters. The van der Waals surface area contributed by atoms with Gasteiger partial charge in [-0.2, -0.15) is 0 Å². The Morgan fingerprint density at radius 3 is 2.55 bits per heavy atom. The molecule has 1 aliphatic rings. The Morgan fingerprint density at radius 1 is 1.40 bits per heavy atom. The van der Waals surface area contributed by atoms with E-state index in [4.69, 9.17) is 11.5 Å². The van der Waals surface area contributed by atoms with Gasteiger partial charge in [0.2, 0.25) is 0 Å². The molecule has 0 atom stereocenters. The van der Waals surface area contributed by atoms with Crippen LogP contribution in [0.25, 0.3) is 0 Å². The summed E-state index contributed by atoms with van der Waals surface area (Å²) in [7, 11) is 0. The lowest BCUT2D eigenvalue weighted by Crippen LogP contribution is -2.42. The molecule has 1 aliphatic heterocycles. The van der Waals surface area contributed by atoms with Crippen molar-refractivity contribution in [3.63, 3.8) is 0 Å². The number of thiazole rings is 1. The van der Waals surface area contributed by atoms with E-state index in [1.807, 2.05) is 4.90 Å². The van der Waals surface area contributed by atoms with Gasteiger partial charge in [0.15, 0.2) is 5.13 Å². The molecular formula is C13H23N5OS. The van der Waals surface area contributed by atoms with E-state index in [0.717, 1.165) is 31.1 Å². The SMILES string of the molecule is CCN(CC)c1nc(N)c(C(=O)N2CCC(N)CC2)s1. The highest BCUT2D eigenvalue weighted by Crippen LogP contribution is 2.29. The highest BCUT2D eigenvalue weighted by atomic mass is 32.1. The van der Waals surface area contributed by atoms with Crippen LogP contribution in [0.5, 0.6) is 0 Å². The quantitative estimate of drug-likeness (QED) is 0.870. The first-order valence-electron chi connectivity index (χ1n) is 7.12. The molecule has 2 heterocycles. The number of nitrogens with zero attached hydrogens (tertiary/aromatic N) is 3. The van der Waals surface area contributed by atoms with Gasteiger partial charge >= 0.3 is 0 Å². The largest absolute Gasteiger partial charge is 0.382 e. The summed E-state index contributed by atoms with van der Waals surface area (Å²) in [6.07, 6.45) is 1.71. The Bertz CT molecular complexity index is 463. The number of nitrogens with two attached hydrogens (primary N) is 2. The minimum Gasteiger partial charge on any atom is -0.382 e. The van der Waals surface area contributed by atoms with Crippen molar-refractivity contribution in [2.45, 2.75) is 32.7 Å². The summed E-state index contributed by atoms with van der Waals surface area (Å²) < 4.78 is 0. The number of likely N-dealkylation sites (tertiary alicyclic amines) is 1. The van der Waals surface area contributed by atoms with Crippen molar-refractivity contribution in [3.05, 3.63) is 4.88 Å². The molecule has 0 radical (unpaired) electrons. The summed E-state index contributed by atoms with van der Waals surface area (Å²) in [6.45, 7) is 7.25. The average Bonchev–Trinajstić information content (AvgIpc) is 2.82. The van der Waals surface area contributed by atoms with E-state index in [1.165, 1.54) is 11.3 Å². The first kappa shape index (κ1) is 15.1. The van der Waals surface area contributed by atoms with E-state index < -0.39 is 0 Å². The first-order chi connectivity index (χ1) is 9.56. The summed E-state index contributed by atoms with van der Waals surface area (Å²) in [5.74, 6) is 0.335. The molecule has 4 N–H and O–H groups in total. The Hall–Kier alpha value is -1.34. The predicted octanol–water partition coefficient (Wildman–Crippen LogP) is 1.13. The summed E-state index contributed by atoms with van der Waals surface area (Å²) in [4.78, 5) is 21.3. The Kier molecular flexibility index (Phi) is 4.82. The molecule has 112 valence electrons. The lowest BCUT2D eigenvalue weighted by molar-refractivity contribution is 0.0720. The molecule has 20 heavy (non-hydrogen) atoms. The first-order valence-corrected chi connectivity index (χ1v) is 7.94. The number of piperidine rings is 1. The highest BCUT2D eigenvalue weighted by Gasteiger charge is 2.26. The van der Waals surface area contributed by atoms with Gasteiger partial charge in [-0.05, 0) is 26.7 Å². The highest BCUT2D eigenvalue weighted by molar-refractivity contribution is 7.18. The van der Waals surface area contributed by atoms with Crippen LogP contribution >= 0.6 is 11.3 Å². The van der Waals surface area contributed by atoms with Gasteiger partial charge in [0.25, 0.3) is 5.91 Å². The minimum atomic E-state index is -0.00898. The molecule has 0 bridgehead atoms. The summed E-state index contributed by atoms with van der Waals surface area (Å²) >= 11 is 1.39. The smallest absolute Gasteiger partial charge is 0.267 e. The summed E-state index contributed by atoms with van der Waals surface area (Å²) in [5, 5.41) is 0.824.